The van der Waals surface area contributed by atoms with Crippen molar-refractivity contribution in [2.75, 3.05) is 7.11 Å². The van der Waals surface area contributed by atoms with E-state index in [1.165, 1.54) is 19.4 Å². The maximum absolute atomic E-state index is 11.9. The summed E-state index contributed by atoms with van der Waals surface area (Å²) in [6, 6.07) is 6.65. The Balaban J connectivity index is 2.23. The van der Waals surface area contributed by atoms with E-state index in [0.717, 1.165) is 0 Å². The molecule has 0 atom stereocenters. The maximum Gasteiger partial charge on any atom is 0.356 e. The molecule has 0 aliphatic carbocycles. The second kappa shape index (κ2) is 5.36. The lowest BCUT2D eigenvalue weighted by atomic mass is 10.2. The number of furan rings is 1. The summed E-state index contributed by atoms with van der Waals surface area (Å²) in [6.45, 7) is 0. The summed E-state index contributed by atoms with van der Waals surface area (Å²) in [7, 11) is 1.24. The van der Waals surface area contributed by atoms with Gasteiger partial charge in [0, 0.05) is 6.20 Å². The number of nitrogens with zero attached hydrogens (tertiary/aromatic N) is 2. The predicted octanol–water partition coefficient (Wildman–Crippen LogP) is 2.00. The molecule has 0 amide bonds. The van der Waals surface area contributed by atoms with Crippen LogP contribution in [0.25, 0.3) is 5.52 Å². The van der Waals surface area contributed by atoms with Gasteiger partial charge < -0.3 is 18.7 Å². The Kier molecular flexibility index (Phi) is 3.38. The van der Waals surface area contributed by atoms with Gasteiger partial charge in [0.2, 0.25) is 0 Å². The van der Waals surface area contributed by atoms with Gasteiger partial charge in [0.1, 0.15) is 11.6 Å². The molecule has 3 aromatic heterocycles. The highest BCUT2D eigenvalue weighted by Gasteiger charge is 2.23. The fourth-order valence-corrected chi connectivity index (χ4v) is 2.32. The first-order chi connectivity index (χ1) is 10.6. The zero-order chi connectivity index (χ0) is 15.7. The van der Waals surface area contributed by atoms with Crippen LogP contribution in [-0.4, -0.2) is 33.5 Å². The molecular formula is C15H12N2O5. The average Bonchev–Trinajstić information content (AvgIpc) is 3.15. The third kappa shape index (κ3) is 2.22. The summed E-state index contributed by atoms with van der Waals surface area (Å²) in [4.78, 5) is 27.4. The summed E-state index contributed by atoms with van der Waals surface area (Å²) in [5.41, 5.74) is 0.173. The fraction of sp³-hybridized carbons (Fsp3) is 0.133. The van der Waals surface area contributed by atoms with Crippen molar-refractivity contribution in [3.05, 3.63) is 59.6 Å². The number of esters is 1. The molecule has 0 saturated carbocycles. The van der Waals surface area contributed by atoms with Gasteiger partial charge in [-0.05, 0) is 24.3 Å². The van der Waals surface area contributed by atoms with Gasteiger partial charge in [-0.1, -0.05) is 0 Å². The van der Waals surface area contributed by atoms with Crippen LogP contribution in [-0.2, 0) is 11.2 Å². The van der Waals surface area contributed by atoms with Gasteiger partial charge in [-0.3, -0.25) is 0 Å². The molecule has 7 nitrogen and oxygen atoms in total. The van der Waals surface area contributed by atoms with Crippen LogP contribution in [0, 0.1) is 0 Å². The summed E-state index contributed by atoms with van der Waals surface area (Å²) >= 11 is 0. The number of carbonyl (C=O) groups is 2. The van der Waals surface area contributed by atoms with Gasteiger partial charge in [0.05, 0.1) is 30.9 Å². The number of carbonyl (C=O) groups excluding carboxylic acids is 1. The summed E-state index contributed by atoms with van der Waals surface area (Å²) in [5.74, 6) is -0.711. The smallest absolute Gasteiger partial charge is 0.356 e. The van der Waals surface area contributed by atoms with Crippen molar-refractivity contribution >= 4 is 17.5 Å². The number of rotatable bonds is 4. The topological polar surface area (TPSA) is 94.0 Å². The number of fused-ring (bicyclic) bond motifs is 1. The van der Waals surface area contributed by atoms with Crippen molar-refractivity contribution in [1.82, 2.24) is 9.38 Å². The van der Waals surface area contributed by atoms with E-state index in [1.807, 2.05) is 0 Å². The standard InChI is InChI=1S/C15H12N2O5/c1-21-15(20)10-5-2-6-17-11(8-9-4-3-7-22-9)16-12(13(10)17)14(18)19/h2-7H,8H2,1H3,(H,18,19). The molecule has 0 saturated heterocycles. The Morgan fingerprint density at radius 2 is 2.18 bits per heavy atom. The quantitative estimate of drug-likeness (QED) is 0.741. The highest BCUT2D eigenvalue weighted by atomic mass is 16.5. The number of carboxylic acid groups (broad SMARTS) is 1. The van der Waals surface area contributed by atoms with Crippen molar-refractivity contribution in [2.45, 2.75) is 6.42 Å². The molecule has 3 aromatic rings. The number of pyridine rings is 1. The van der Waals surface area contributed by atoms with E-state index in [9.17, 15) is 14.7 Å². The monoisotopic (exact) mass is 300 g/mol. The van der Waals surface area contributed by atoms with E-state index >= 15 is 0 Å². The zero-order valence-corrected chi connectivity index (χ0v) is 11.6. The second-order valence-electron chi connectivity index (χ2n) is 4.57. The van der Waals surface area contributed by atoms with E-state index in [2.05, 4.69) is 4.98 Å². The lowest BCUT2D eigenvalue weighted by Crippen LogP contribution is -2.07. The van der Waals surface area contributed by atoms with Crippen LogP contribution in [0.2, 0.25) is 0 Å². The molecule has 0 aromatic carbocycles. The van der Waals surface area contributed by atoms with Gasteiger partial charge in [-0.15, -0.1) is 0 Å². The maximum atomic E-state index is 11.9. The molecule has 1 N–H and O–H groups in total. The predicted molar refractivity (Wildman–Crippen MR) is 75.0 cm³/mol. The van der Waals surface area contributed by atoms with Crippen LogP contribution in [0.4, 0.5) is 0 Å². The molecule has 3 rings (SSSR count). The summed E-state index contributed by atoms with van der Waals surface area (Å²) in [6.07, 6.45) is 3.49. The molecule has 0 aliphatic heterocycles. The first kappa shape index (κ1) is 13.9. The van der Waals surface area contributed by atoms with Gasteiger partial charge in [-0.2, -0.15) is 0 Å². The normalized spacial score (nSPS) is 10.8. The minimum absolute atomic E-state index is 0.153. The Labute approximate surface area is 124 Å². The Morgan fingerprint density at radius 1 is 1.36 bits per heavy atom. The van der Waals surface area contributed by atoms with Crippen molar-refractivity contribution in [2.24, 2.45) is 0 Å². The molecule has 112 valence electrons. The van der Waals surface area contributed by atoms with Crippen LogP contribution < -0.4 is 0 Å². The number of aromatic nitrogens is 2. The van der Waals surface area contributed by atoms with Gasteiger partial charge in [-0.25, -0.2) is 14.6 Å². The van der Waals surface area contributed by atoms with Crippen LogP contribution in [0.15, 0.2) is 41.1 Å². The van der Waals surface area contributed by atoms with Crippen molar-refractivity contribution in [1.29, 1.82) is 0 Å². The molecule has 0 radical (unpaired) electrons. The molecule has 0 fully saturated rings. The highest BCUT2D eigenvalue weighted by molar-refractivity contribution is 6.04. The van der Waals surface area contributed by atoms with Gasteiger partial charge in [0.25, 0.3) is 0 Å². The highest BCUT2D eigenvalue weighted by Crippen LogP contribution is 2.21. The average molecular weight is 300 g/mol. The van der Waals surface area contributed by atoms with Gasteiger partial charge >= 0.3 is 11.9 Å². The molecule has 22 heavy (non-hydrogen) atoms. The van der Waals surface area contributed by atoms with E-state index in [-0.39, 0.29) is 16.8 Å². The van der Waals surface area contributed by atoms with E-state index < -0.39 is 11.9 Å². The van der Waals surface area contributed by atoms with Crippen molar-refractivity contribution in [3.63, 3.8) is 0 Å². The van der Waals surface area contributed by atoms with Gasteiger partial charge in [0.15, 0.2) is 5.69 Å². The molecule has 7 heteroatoms. The second-order valence-corrected chi connectivity index (χ2v) is 4.57. The number of hydrogen-bond donors (Lipinski definition) is 1. The lowest BCUT2D eigenvalue weighted by molar-refractivity contribution is 0.0602. The largest absolute Gasteiger partial charge is 0.476 e. The molecule has 0 spiro atoms. The Hall–Kier alpha value is -3.09. The number of imidazole rings is 1. The zero-order valence-electron chi connectivity index (χ0n) is 11.6. The molecule has 0 unspecified atom stereocenters. The van der Waals surface area contributed by atoms with E-state index in [4.69, 9.17) is 9.15 Å². The number of aromatic carboxylic acids is 1. The third-order valence-electron chi connectivity index (χ3n) is 3.26. The SMILES string of the molecule is COC(=O)c1cccn2c(Cc3ccco3)nc(C(=O)O)c12. The van der Waals surface area contributed by atoms with Crippen molar-refractivity contribution < 1.29 is 23.8 Å². The lowest BCUT2D eigenvalue weighted by Gasteiger charge is -2.04. The number of ether oxygens (including phenoxy) is 1. The van der Waals surface area contributed by atoms with Crippen LogP contribution in [0.3, 0.4) is 0 Å². The molecular weight excluding hydrogens is 288 g/mol. The van der Waals surface area contributed by atoms with E-state index in [0.29, 0.717) is 18.0 Å². The molecule has 3 heterocycles. The first-order valence-corrected chi connectivity index (χ1v) is 6.45. The fourth-order valence-electron chi connectivity index (χ4n) is 2.32. The Morgan fingerprint density at radius 3 is 2.82 bits per heavy atom. The van der Waals surface area contributed by atoms with Crippen LogP contribution in [0.5, 0.6) is 0 Å². The minimum atomic E-state index is -1.21. The third-order valence-corrected chi connectivity index (χ3v) is 3.26. The summed E-state index contributed by atoms with van der Waals surface area (Å²) in [5, 5.41) is 9.35. The minimum Gasteiger partial charge on any atom is -0.476 e. The van der Waals surface area contributed by atoms with Crippen molar-refractivity contribution in [3.8, 4) is 0 Å². The first-order valence-electron chi connectivity index (χ1n) is 6.45. The molecule has 0 bridgehead atoms. The summed E-state index contributed by atoms with van der Waals surface area (Å²) < 4.78 is 11.5. The number of methoxy groups -OCH3 is 1. The molecule has 0 aliphatic rings. The number of hydrogen-bond acceptors (Lipinski definition) is 5. The van der Waals surface area contributed by atoms with Crippen LogP contribution >= 0.6 is 0 Å². The Bertz CT molecular complexity index is 848. The van der Waals surface area contributed by atoms with E-state index in [1.54, 1.807) is 28.8 Å². The van der Waals surface area contributed by atoms with Crippen LogP contribution in [0.1, 0.15) is 32.4 Å². The number of carboxylic acids is 1.